The van der Waals surface area contributed by atoms with E-state index in [4.69, 9.17) is 0 Å². The Kier molecular flexibility index (Phi) is 6.40. The van der Waals surface area contributed by atoms with E-state index in [-0.39, 0.29) is 24.2 Å². The van der Waals surface area contributed by atoms with Gasteiger partial charge in [0.25, 0.3) is 0 Å². The number of hydrogen-bond acceptors (Lipinski definition) is 5. The van der Waals surface area contributed by atoms with Gasteiger partial charge in [0.2, 0.25) is 17.8 Å². The molecule has 1 unspecified atom stereocenters. The van der Waals surface area contributed by atoms with Crippen LogP contribution in [-0.2, 0) is 16.0 Å². The number of hydrogen-bond donors (Lipinski definition) is 2. The van der Waals surface area contributed by atoms with Crippen LogP contribution in [-0.4, -0.2) is 28.3 Å². The maximum atomic E-state index is 12.9. The van der Waals surface area contributed by atoms with Crippen LogP contribution in [0.3, 0.4) is 0 Å². The van der Waals surface area contributed by atoms with Crippen molar-refractivity contribution < 1.29 is 9.59 Å². The van der Waals surface area contributed by atoms with Gasteiger partial charge in [-0.1, -0.05) is 25.1 Å². The summed E-state index contributed by atoms with van der Waals surface area (Å²) in [6, 6.07) is 15.4. The molecule has 7 heteroatoms. The number of amides is 2. The molecule has 170 valence electrons. The van der Waals surface area contributed by atoms with Crippen molar-refractivity contribution in [2.75, 3.05) is 22.1 Å². The molecule has 0 saturated carbocycles. The first-order chi connectivity index (χ1) is 15.8. The summed E-state index contributed by atoms with van der Waals surface area (Å²) in [5.41, 5.74) is 6.43. The van der Waals surface area contributed by atoms with Crippen LogP contribution in [0.5, 0.6) is 0 Å². The molecule has 2 aromatic carbocycles. The Hall–Kier alpha value is -3.74. The number of carbonyl (C=O) groups excluding carboxylic acids is 2. The number of nitrogens with one attached hydrogen (secondary N) is 2. The molecule has 0 radical (unpaired) electrons. The first kappa shape index (κ1) is 22.5. The quantitative estimate of drug-likeness (QED) is 0.577. The summed E-state index contributed by atoms with van der Waals surface area (Å²) in [6.07, 6.45) is 1.05. The predicted molar refractivity (Wildman–Crippen MR) is 131 cm³/mol. The van der Waals surface area contributed by atoms with E-state index < -0.39 is 0 Å². The second-order valence-electron chi connectivity index (χ2n) is 8.51. The summed E-state index contributed by atoms with van der Waals surface area (Å²) in [5.74, 6) is 0.00256. The van der Waals surface area contributed by atoms with Crippen molar-refractivity contribution in [2.24, 2.45) is 5.92 Å². The highest BCUT2D eigenvalue weighted by Crippen LogP contribution is 2.32. The van der Waals surface area contributed by atoms with Gasteiger partial charge >= 0.3 is 0 Å². The van der Waals surface area contributed by atoms with E-state index in [9.17, 15) is 9.59 Å². The molecule has 2 N–H and O–H groups in total. The second-order valence-corrected chi connectivity index (χ2v) is 8.51. The molecule has 0 bridgehead atoms. The van der Waals surface area contributed by atoms with Crippen LogP contribution in [0.25, 0.3) is 0 Å². The van der Waals surface area contributed by atoms with Crippen LogP contribution in [0, 0.1) is 26.7 Å². The Morgan fingerprint density at radius 2 is 1.70 bits per heavy atom. The third-order valence-corrected chi connectivity index (χ3v) is 5.86. The molecule has 33 heavy (non-hydrogen) atoms. The average Bonchev–Trinajstić information content (AvgIpc) is 3.15. The van der Waals surface area contributed by atoms with Crippen LogP contribution in [0.2, 0.25) is 0 Å². The first-order valence-corrected chi connectivity index (χ1v) is 11.2. The number of nitrogens with zero attached hydrogens (tertiary/aromatic N) is 3. The monoisotopic (exact) mass is 443 g/mol. The molecule has 0 spiro atoms. The fraction of sp³-hybridized carbons (Fsp3) is 0.308. The Bertz CT molecular complexity index is 1170. The normalized spacial score (nSPS) is 15.6. The van der Waals surface area contributed by atoms with Gasteiger partial charge in [-0.05, 0) is 68.7 Å². The zero-order valence-corrected chi connectivity index (χ0v) is 19.5. The van der Waals surface area contributed by atoms with Gasteiger partial charge in [-0.15, -0.1) is 0 Å². The number of anilines is 4. The van der Waals surface area contributed by atoms with Crippen molar-refractivity contribution in [2.45, 2.75) is 40.5 Å². The van der Waals surface area contributed by atoms with Gasteiger partial charge in [-0.3, -0.25) is 9.59 Å². The molecule has 1 fully saturated rings. The summed E-state index contributed by atoms with van der Waals surface area (Å²) in [4.78, 5) is 36.2. The minimum atomic E-state index is -0.386. The summed E-state index contributed by atoms with van der Waals surface area (Å²) in [6.45, 7) is 8.33. The highest BCUT2D eigenvalue weighted by atomic mass is 16.2. The molecule has 4 rings (SSSR count). The van der Waals surface area contributed by atoms with E-state index in [1.54, 1.807) is 4.90 Å². The molecule has 2 amide bonds. The smallest absolute Gasteiger partial charge is 0.229 e. The lowest BCUT2D eigenvalue weighted by molar-refractivity contribution is -0.122. The Morgan fingerprint density at radius 3 is 2.36 bits per heavy atom. The molecular formula is C26H29N5O2. The average molecular weight is 444 g/mol. The number of benzene rings is 2. The molecule has 2 heterocycles. The standard InChI is InChI=1S/C26H29N5O2/c1-5-19-8-6-7-16(2)24(19)31-15-20(14-23(31)32)25(33)29-21-9-11-22(12-10-21)30-26-27-17(3)13-18(4)28-26/h6-13,20H,5,14-15H2,1-4H3,(H,29,33)(H,27,28,30). The number of aromatic nitrogens is 2. The topological polar surface area (TPSA) is 87.2 Å². The largest absolute Gasteiger partial charge is 0.326 e. The van der Waals surface area contributed by atoms with Crippen LogP contribution in [0.15, 0.2) is 48.5 Å². The van der Waals surface area contributed by atoms with Gasteiger partial charge in [0.1, 0.15) is 0 Å². The lowest BCUT2D eigenvalue weighted by atomic mass is 10.0. The molecule has 1 atom stereocenters. The van der Waals surface area contributed by atoms with E-state index >= 15 is 0 Å². The molecule has 1 saturated heterocycles. The Labute approximate surface area is 194 Å². The van der Waals surface area contributed by atoms with Crippen molar-refractivity contribution in [3.05, 3.63) is 71.0 Å². The predicted octanol–water partition coefficient (Wildman–Crippen LogP) is 4.70. The number of carbonyl (C=O) groups is 2. The molecule has 3 aromatic rings. The van der Waals surface area contributed by atoms with Gasteiger partial charge in [0.05, 0.1) is 5.92 Å². The zero-order valence-electron chi connectivity index (χ0n) is 19.5. The van der Waals surface area contributed by atoms with Crippen molar-refractivity contribution in [3.8, 4) is 0 Å². The minimum Gasteiger partial charge on any atom is -0.326 e. The van der Waals surface area contributed by atoms with Crippen LogP contribution in [0.1, 0.15) is 35.9 Å². The summed E-state index contributed by atoms with van der Waals surface area (Å²) < 4.78 is 0. The highest BCUT2D eigenvalue weighted by Gasteiger charge is 2.36. The maximum Gasteiger partial charge on any atom is 0.229 e. The SMILES string of the molecule is CCc1cccc(C)c1N1CC(C(=O)Nc2ccc(Nc3nc(C)cc(C)n3)cc2)CC1=O. The van der Waals surface area contributed by atoms with E-state index in [0.717, 1.165) is 40.3 Å². The van der Waals surface area contributed by atoms with E-state index in [1.165, 1.54) is 0 Å². The lowest BCUT2D eigenvalue weighted by Gasteiger charge is -2.22. The molecular weight excluding hydrogens is 414 g/mol. The van der Waals surface area contributed by atoms with Crippen molar-refractivity contribution in [1.82, 2.24) is 9.97 Å². The number of rotatable bonds is 6. The van der Waals surface area contributed by atoms with Crippen molar-refractivity contribution >= 4 is 34.8 Å². The Balaban J connectivity index is 1.41. The fourth-order valence-electron chi connectivity index (χ4n) is 4.28. The summed E-state index contributed by atoms with van der Waals surface area (Å²) in [7, 11) is 0. The van der Waals surface area contributed by atoms with E-state index in [2.05, 4.69) is 27.5 Å². The molecule has 7 nitrogen and oxygen atoms in total. The molecule has 0 aliphatic carbocycles. The first-order valence-electron chi connectivity index (χ1n) is 11.2. The van der Waals surface area contributed by atoms with Gasteiger partial charge in [0.15, 0.2) is 0 Å². The van der Waals surface area contributed by atoms with Crippen molar-refractivity contribution in [3.63, 3.8) is 0 Å². The third kappa shape index (κ3) is 5.03. The van der Waals surface area contributed by atoms with Gasteiger partial charge in [-0.25, -0.2) is 9.97 Å². The molecule has 1 aliphatic heterocycles. The number of para-hydroxylation sites is 1. The summed E-state index contributed by atoms with van der Waals surface area (Å²) >= 11 is 0. The maximum absolute atomic E-state index is 12.9. The van der Waals surface area contributed by atoms with Gasteiger partial charge in [0, 0.05) is 41.4 Å². The second kappa shape index (κ2) is 9.40. The van der Waals surface area contributed by atoms with E-state index in [0.29, 0.717) is 18.2 Å². The molecule has 1 aromatic heterocycles. The zero-order chi connectivity index (χ0) is 23.5. The minimum absolute atomic E-state index is 0.00727. The molecule has 1 aliphatic rings. The highest BCUT2D eigenvalue weighted by molar-refractivity contribution is 6.04. The lowest BCUT2D eigenvalue weighted by Crippen LogP contribution is -2.29. The van der Waals surface area contributed by atoms with Crippen LogP contribution in [0.4, 0.5) is 23.0 Å². The number of aryl methyl sites for hydroxylation is 4. The van der Waals surface area contributed by atoms with Crippen LogP contribution >= 0.6 is 0 Å². The van der Waals surface area contributed by atoms with Crippen molar-refractivity contribution in [1.29, 1.82) is 0 Å². The Morgan fingerprint density at radius 1 is 1.03 bits per heavy atom. The van der Waals surface area contributed by atoms with E-state index in [1.807, 2.05) is 69.3 Å². The van der Waals surface area contributed by atoms with Gasteiger partial charge in [-0.2, -0.15) is 0 Å². The fourth-order valence-corrected chi connectivity index (χ4v) is 4.28. The van der Waals surface area contributed by atoms with Gasteiger partial charge < -0.3 is 15.5 Å². The third-order valence-electron chi connectivity index (χ3n) is 5.86. The summed E-state index contributed by atoms with van der Waals surface area (Å²) in [5, 5.41) is 6.13. The van der Waals surface area contributed by atoms with Crippen LogP contribution < -0.4 is 15.5 Å².